The molecule has 2 nitrogen and oxygen atoms in total. The molecular weight excluding hydrogens is 228 g/mol. The zero-order valence-corrected chi connectivity index (χ0v) is 12.3. The highest BCUT2D eigenvalue weighted by Crippen LogP contribution is 2.19. The summed E-state index contributed by atoms with van der Waals surface area (Å²) >= 11 is 1.83. The summed E-state index contributed by atoms with van der Waals surface area (Å²) in [4.78, 5) is 3.96. The molecule has 0 aliphatic heterocycles. The van der Waals surface area contributed by atoms with E-state index in [1.165, 1.54) is 11.3 Å². The lowest BCUT2D eigenvalue weighted by atomic mass is 10.0. The van der Waals surface area contributed by atoms with Gasteiger partial charge in [-0.05, 0) is 37.6 Å². The molecular formula is C14H26N2S. The van der Waals surface area contributed by atoms with E-state index in [1.807, 2.05) is 11.3 Å². The molecule has 0 fully saturated rings. The Morgan fingerprint density at radius 1 is 1.29 bits per heavy atom. The van der Waals surface area contributed by atoms with Gasteiger partial charge in [0.05, 0.1) is 0 Å². The van der Waals surface area contributed by atoms with E-state index in [1.54, 1.807) is 0 Å². The van der Waals surface area contributed by atoms with Crippen LogP contribution in [0.15, 0.2) is 17.5 Å². The van der Waals surface area contributed by atoms with Gasteiger partial charge in [0, 0.05) is 30.1 Å². The van der Waals surface area contributed by atoms with Crippen LogP contribution in [0.1, 0.15) is 39.0 Å². The smallest absolute Gasteiger partial charge is 0.0334 e. The molecule has 2 N–H and O–H groups in total. The molecule has 0 spiro atoms. The maximum Gasteiger partial charge on any atom is 0.0334 e. The van der Waals surface area contributed by atoms with Crippen LogP contribution in [-0.2, 0) is 6.54 Å². The molecule has 0 radical (unpaired) electrons. The average molecular weight is 254 g/mol. The van der Waals surface area contributed by atoms with E-state index >= 15 is 0 Å². The number of nitrogens with zero attached hydrogens (tertiary/aromatic N) is 1. The third kappa shape index (κ3) is 4.78. The fraction of sp³-hybridized carbons (Fsp3) is 0.714. The van der Waals surface area contributed by atoms with Crippen LogP contribution in [0.25, 0.3) is 0 Å². The van der Waals surface area contributed by atoms with Gasteiger partial charge in [0.1, 0.15) is 0 Å². The first-order valence-corrected chi connectivity index (χ1v) is 7.40. The Bertz CT molecular complexity index is 293. The van der Waals surface area contributed by atoms with E-state index in [9.17, 15) is 0 Å². The minimum atomic E-state index is 0.497. The van der Waals surface area contributed by atoms with Gasteiger partial charge in [0.2, 0.25) is 0 Å². The highest BCUT2D eigenvalue weighted by Gasteiger charge is 2.21. The third-order valence-corrected chi connectivity index (χ3v) is 3.93. The molecule has 1 heterocycles. The van der Waals surface area contributed by atoms with Crippen molar-refractivity contribution in [1.82, 2.24) is 4.90 Å². The van der Waals surface area contributed by atoms with E-state index < -0.39 is 0 Å². The van der Waals surface area contributed by atoms with Crippen LogP contribution in [0, 0.1) is 5.92 Å². The zero-order valence-electron chi connectivity index (χ0n) is 11.5. The first-order chi connectivity index (χ1) is 8.04. The quantitative estimate of drug-likeness (QED) is 0.808. The Kier molecular flexibility index (Phi) is 6.17. The monoisotopic (exact) mass is 254 g/mol. The van der Waals surface area contributed by atoms with E-state index in [0.29, 0.717) is 18.0 Å². The molecule has 1 atom stereocenters. The summed E-state index contributed by atoms with van der Waals surface area (Å²) in [6, 6.07) is 5.38. The standard InChI is InChI=1S/C14H26N2S/c1-11(2)8-13(9-15)16(12(3)4)10-14-6-5-7-17-14/h5-7,11-13H,8-10,15H2,1-4H3. The number of nitrogens with two attached hydrogens (primary N) is 1. The summed E-state index contributed by atoms with van der Waals surface area (Å²) in [6.07, 6.45) is 1.18. The highest BCUT2D eigenvalue weighted by atomic mass is 32.1. The molecule has 0 aliphatic carbocycles. The van der Waals surface area contributed by atoms with Crippen molar-refractivity contribution in [2.75, 3.05) is 6.54 Å². The number of rotatable bonds is 7. The second-order valence-corrected chi connectivity index (χ2v) is 6.40. The van der Waals surface area contributed by atoms with Crippen molar-refractivity contribution in [3.8, 4) is 0 Å². The van der Waals surface area contributed by atoms with Gasteiger partial charge in [0.15, 0.2) is 0 Å². The van der Waals surface area contributed by atoms with Crippen molar-refractivity contribution in [1.29, 1.82) is 0 Å². The van der Waals surface area contributed by atoms with Gasteiger partial charge in [-0.3, -0.25) is 4.90 Å². The van der Waals surface area contributed by atoms with E-state index in [0.717, 1.165) is 13.1 Å². The summed E-state index contributed by atoms with van der Waals surface area (Å²) in [5, 5.41) is 2.15. The van der Waals surface area contributed by atoms with Gasteiger partial charge in [0.25, 0.3) is 0 Å². The molecule has 1 unspecified atom stereocenters. The lowest BCUT2D eigenvalue weighted by Gasteiger charge is -2.35. The van der Waals surface area contributed by atoms with Crippen molar-refractivity contribution >= 4 is 11.3 Å². The molecule has 3 heteroatoms. The Hall–Kier alpha value is -0.380. The summed E-state index contributed by atoms with van der Waals surface area (Å²) in [6.45, 7) is 10.8. The Balaban J connectivity index is 2.69. The first kappa shape index (κ1) is 14.7. The lowest BCUT2D eigenvalue weighted by molar-refractivity contribution is 0.131. The molecule has 1 rings (SSSR count). The molecule has 17 heavy (non-hydrogen) atoms. The zero-order chi connectivity index (χ0) is 12.8. The molecule has 0 aromatic carbocycles. The predicted molar refractivity (Wildman–Crippen MR) is 77.3 cm³/mol. The fourth-order valence-corrected chi connectivity index (χ4v) is 2.94. The maximum absolute atomic E-state index is 5.95. The second kappa shape index (κ2) is 7.14. The summed E-state index contributed by atoms with van der Waals surface area (Å²) in [5.41, 5.74) is 5.95. The van der Waals surface area contributed by atoms with Crippen molar-refractivity contribution in [2.45, 2.75) is 52.7 Å². The average Bonchev–Trinajstić information content (AvgIpc) is 2.75. The van der Waals surface area contributed by atoms with Gasteiger partial charge in [-0.1, -0.05) is 19.9 Å². The van der Waals surface area contributed by atoms with Gasteiger partial charge in [-0.25, -0.2) is 0 Å². The highest BCUT2D eigenvalue weighted by molar-refractivity contribution is 7.09. The molecule has 0 amide bonds. The third-order valence-electron chi connectivity index (χ3n) is 3.07. The SMILES string of the molecule is CC(C)CC(CN)N(Cc1cccs1)C(C)C. The molecule has 0 saturated heterocycles. The molecule has 0 saturated carbocycles. The molecule has 0 aliphatic rings. The van der Waals surface area contributed by atoms with Crippen LogP contribution in [0.4, 0.5) is 0 Å². The first-order valence-electron chi connectivity index (χ1n) is 6.52. The summed E-state index contributed by atoms with van der Waals surface area (Å²) < 4.78 is 0. The molecule has 98 valence electrons. The van der Waals surface area contributed by atoms with Crippen molar-refractivity contribution in [3.63, 3.8) is 0 Å². The van der Waals surface area contributed by atoms with Crippen LogP contribution in [-0.4, -0.2) is 23.5 Å². The Morgan fingerprint density at radius 3 is 2.41 bits per heavy atom. The number of hydrogen-bond acceptors (Lipinski definition) is 3. The summed E-state index contributed by atoms with van der Waals surface area (Å²) in [5.74, 6) is 0.702. The van der Waals surface area contributed by atoms with E-state index in [-0.39, 0.29) is 0 Å². The van der Waals surface area contributed by atoms with Gasteiger partial charge >= 0.3 is 0 Å². The Morgan fingerprint density at radius 2 is 2.00 bits per heavy atom. The Labute approximate surface area is 110 Å². The van der Waals surface area contributed by atoms with Crippen molar-refractivity contribution in [3.05, 3.63) is 22.4 Å². The van der Waals surface area contributed by atoms with E-state index in [2.05, 4.69) is 50.1 Å². The predicted octanol–water partition coefficient (Wildman–Crippen LogP) is 3.33. The van der Waals surface area contributed by atoms with Gasteiger partial charge < -0.3 is 5.73 Å². The largest absolute Gasteiger partial charge is 0.329 e. The number of hydrogen-bond donors (Lipinski definition) is 1. The topological polar surface area (TPSA) is 29.3 Å². The van der Waals surface area contributed by atoms with Crippen LogP contribution in [0.5, 0.6) is 0 Å². The lowest BCUT2D eigenvalue weighted by Crippen LogP contribution is -2.44. The fourth-order valence-electron chi connectivity index (χ4n) is 2.23. The number of thiophene rings is 1. The van der Waals surface area contributed by atoms with Crippen molar-refractivity contribution in [2.24, 2.45) is 11.7 Å². The van der Waals surface area contributed by atoms with E-state index in [4.69, 9.17) is 5.73 Å². The van der Waals surface area contributed by atoms with Crippen LogP contribution in [0.2, 0.25) is 0 Å². The molecule has 1 aromatic rings. The van der Waals surface area contributed by atoms with Crippen LogP contribution in [0.3, 0.4) is 0 Å². The normalized spacial score (nSPS) is 13.9. The minimum Gasteiger partial charge on any atom is -0.329 e. The summed E-state index contributed by atoms with van der Waals surface area (Å²) in [7, 11) is 0. The minimum absolute atomic E-state index is 0.497. The molecule has 1 aromatic heterocycles. The van der Waals surface area contributed by atoms with Gasteiger partial charge in [-0.15, -0.1) is 11.3 Å². The van der Waals surface area contributed by atoms with Crippen LogP contribution < -0.4 is 5.73 Å². The molecule has 0 bridgehead atoms. The second-order valence-electron chi connectivity index (χ2n) is 5.36. The van der Waals surface area contributed by atoms with Crippen molar-refractivity contribution < 1.29 is 0 Å². The maximum atomic E-state index is 5.95. The van der Waals surface area contributed by atoms with Crippen LogP contribution >= 0.6 is 11.3 Å². The van der Waals surface area contributed by atoms with Gasteiger partial charge in [-0.2, -0.15) is 0 Å².